The molecule has 0 N–H and O–H groups in total. The molecule has 2 saturated heterocycles. The quantitative estimate of drug-likeness (QED) is 0.551. The first-order valence-electron chi connectivity index (χ1n) is 4.11. The first-order chi connectivity index (χ1) is 5.40. The third-order valence-electron chi connectivity index (χ3n) is 2.60. The molecule has 2 rings (SSSR count). The summed E-state index contributed by atoms with van der Waals surface area (Å²) in [5, 5.41) is 8.53. The van der Waals surface area contributed by atoms with Crippen molar-refractivity contribution in [3.05, 3.63) is 0 Å². The molecule has 0 spiro atoms. The highest BCUT2D eigenvalue weighted by atomic mass is 16.5. The van der Waals surface area contributed by atoms with E-state index in [-0.39, 0.29) is 0 Å². The van der Waals surface area contributed by atoms with Gasteiger partial charge < -0.3 is 4.74 Å². The molecule has 0 aromatic heterocycles. The van der Waals surface area contributed by atoms with Gasteiger partial charge in [-0.3, -0.25) is 4.90 Å². The molecule has 2 heterocycles. The third kappa shape index (κ3) is 1.24. The number of hydrogen-bond acceptors (Lipinski definition) is 3. The molecule has 0 aliphatic carbocycles. The Bertz CT molecular complexity index is 187. The minimum atomic E-state index is 0.350. The van der Waals surface area contributed by atoms with Crippen LogP contribution in [-0.4, -0.2) is 30.8 Å². The summed E-state index contributed by atoms with van der Waals surface area (Å²) in [5.74, 6) is 0.499. The number of nitrogens with zero attached hydrogens (tertiary/aromatic N) is 2. The van der Waals surface area contributed by atoms with Gasteiger partial charge in [-0.2, -0.15) is 5.26 Å². The van der Waals surface area contributed by atoms with Crippen molar-refractivity contribution in [2.24, 2.45) is 5.92 Å². The van der Waals surface area contributed by atoms with Crippen LogP contribution in [0.3, 0.4) is 0 Å². The molecule has 2 aliphatic heterocycles. The van der Waals surface area contributed by atoms with Gasteiger partial charge in [-0.25, -0.2) is 0 Å². The van der Waals surface area contributed by atoms with Gasteiger partial charge in [0.05, 0.1) is 18.9 Å². The summed E-state index contributed by atoms with van der Waals surface area (Å²) in [7, 11) is 0. The average Bonchev–Trinajstić information content (AvgIpc) is 2.40. The van der Waals surface area contributed by atoms with Crippen LogP contribution >= 0.6 is 0 Å². The normalized spacial score (nSPS) is 41.9. The molecule has 0 saturated carbocycles. The molecule has 3 heteroatoms. The van der Waals surface area contributed by atoms with Crippen LogP contribution in [0.5, 0.6) is 0 Å². The lowest BCUT2D eigenvalue weighted by molar-refractivity contribution is 0.0719. The Hall–Kier alpha value is -0.590. The Morgan fingerprint density at radius 3 is 3.36 bits per heavy atom. The van der Waals surface area contributed by atoms with Crippen LogP contribution in [0.4, 0.5) is 0 Å². The molecule has 0 aromatic rings. The second-order valence-corrected chi connectivity index (χ2v) is 3.32. The third-order valence-corrected chi connectivity index (χ3v) is 2.60. The number of hydrogen-bond donors (Lipinski definition) is 0. The number of ether oxygens (including phenoxy) is 1. The van der Waals surface area contributed by atoms with Crippen molar-refractivity contribution in [1.82, 2.24) is 4.90 Å². The lowest BCUT2D eigenvalue weighted by Gasteiger charge is -2.26. The van der Waals surface area contributed by atoms with Gasteiger partial charge >= 0.3 is 0 Å². The van der Waals surface area contributed by atoms with Gasteiger partial charge in [-0.15, -0.1) is 0 Å². The van der Waals surface area contributed by atoms with Crippen LogP contribution in [0.2, 0.25) is 0 Å². The molecular formula is C8H12N2O. The maximum Gasteiger partial charge on any atom is 0.0995 e. The number of fused-ring (bicyclic) bond motifs is 2. The Kier molecular flexibility index (Phi) is 1.80. The molecule has 3 nitrogen and oxygen atoms in total. The Labute approximate surface area is 66.5 Å². The van der Waals surface area contributed by atoms with Crippen LogP contribution in [0.15, 0.2) is 0 Å². The van der Waals surface area contributed by atoms with E-state index >= 15 is 0 Å². The zero-order valence-electron chi connectivity index (χ0n) is 6.49. The van der Waals surface area contributed by atoms with Gasteiger partial charge in [0.15, 0.2) is 0 Å². The Morgan fingerprint density at radius 1 is 1.64 bits per heavy atom. The molecule has 2 aliphatic rings. The molecule has 0 amide bonds. The van der Waals surface area contributed by atoms with Crippen molar-refractivity contribution < 1.29 is 4.74 Å². The van der Waals surface area contributed by atoms with E-state index < -0.39 is 0 Å². The molecular weight excluding hydrogens is 140 g/mol. The van der Waals surface area contributed by atoms with Crippen LogP contribution in [0.25, 0.3) is 0 Å². The van der Waals surface area contributed by atoms with Crippen LogP contribution in [-0.2, 0) is 4.74 Å². The fraction of sp³-hybridized carbons (Fsp3) is 0.875. The zero-order chi connectivity index (χ0) is 7.68. The highest BCUT2D eigenvalue weighted by Gasteiger charge is 2.34. The summed E-state index contributed by atoms with van der Waals surface area (Å²) in [6.07, 6.45) is 2.15. The van der Waals surface area contributed by atoms with Crippen molar-refractivity contribution in [2.75, 3.05) is 19.8 Å². The minimum absolute atomic E-state index is 0.350. The molecule has 3 atom stereocenters. The predicted molar refractivity (Wildman–Crippen MR) is 39.7 cm³/mol. The fourth-order valence-corrected chi connectivity index (χ4v) is 1.89. The molecule has 0 aromatic carbocycles. The smallest absolute Gasteiger partial charge is 0.0995 e. The highest BCUT2D eigenvalue weighted by Crippen LogP contribution is 2.27. The number of piperidine rings is 1. The van der Waals surface area contributed by atoms with Gasteiger partial charge in [-0.05, 0) is 6.42 Å². The first kappa shape index (κ1) is 7.08. The van der Waals surface area contributed by atoms with E-state index in [2.05, 4.69) is 11.0 Å². The maximum absolute atomic E-state index is 8.53. The summed E-state index contributed by atoms with van der Waals surface area (Å²) >= 11 is 0. The SMILES string of the molecule is N#CCC1CCN2COC1C2. The zero-order valence-corrected chi connectivity index (χ0v) is 6.49. The van der Waals surface area contributed by atoms with Crippen molar-refractivity contribution >= 4 is 0 Å². The second-order valence-electron chi connectivity index (χ2n) is 3.32. The van der Waals surface area contributed by atoms with Crippen molar-refractivity contribution in [3.8, 4) is 6.07 Å². The molecule has 60 valence electrons. The summed E-state index contributed by atoms with van der Waals surface area (Å²) < 4.78 is 5.52. The van der Waals surface area contributed by atoms with E-state index in [4.69, 9.17) is 10.00 Å². The lowest BCUT2D eigenvalue weighted by Crippen LogP contribution is -2.35. The van der Waals surface area contributed by atoms with Crippen molar-refractivity contribution in [1.29, 1.82) is 5.26 Å². The maximum atomic E-state index is 8.53. The number of rotatable bonds is 1. The van der Waals surface area contributed by atoms with Gasteiger partial charge in [0.2, 0.25) is 0 Å². The Morgan fingerprint density at radius 2 is 2.55 bits per heavy atom. The monoisotopic (exact) mass is 152 g/mol. The Balaban J connectivity index is 1.97. The molecule has 3 unspecified atom stereocenters. The average molecular weight is 152 g/mol. The highest BCUT2D eigenvalue weighted by molar-refractivity contribution is 4.89. The topological polar surface area (TPSA) is 36.3 Å². The summed E-state index contributed by atoms with van der Waals surface area (Å²) in [6.45, 7) is 2.95. The van der Waals surface area contributed by atoms with E-state index in [0.29, 0.717) is 18.4 Å². The van der Waals surface area contributed by atoms with E-state index in [1.54, 1.807) is 0 Å². The van der Waals surface area contributed by atoms with Crippen LogP contribution in [0.1, 0.15) is 12.8 Å². The van der Waals surface area contributed by atoms with E-state index in [9.17, 15) is 0 Å². The van der Waals surface area contributed by atoms with Crippen LogP contribution < -0.4 is 0 Å². The predicted octanol–water partition coefficient (Wildman–Crippen LogP) is 0.578. The summed E-state index contributed by atoms with van der Waals surface area (Å²) in [6, 6.07) is 2.22. The van der Waals surface area contributed by atoms with Crippen molar-refractivity contribution in [2.45, 2.75) is 18.9 Å². The van der Waals surface area contributed by atoms with Gasteiger partial charge in [0.1, 0.15) is 0 Å². The fourth-order valence-electron chi connectivity index (χ4n) is 1.89. The van der Waals surface area contributed by atoms with E-state index in [0.717, 1.165) is 26.2 Å². The minimum Gasteiger partial charge on any atom is -0.361 e. The molecule has 2 fully saturated rings. The van der Waals surface area contributed by atoms with E-state index in [1.807, 2.05) is 0 Å². The summed E-state index contributed by atoms with van der Waals surface area (Å²) in [5.41, 5.74) is 0. The number of nitriles is 1. The standard InChI is InChI=1S/C8H12N2O/c9-3-1-7-2-4-10-5-8(7)11-6-10/h7-8H,1-2,4-6H2. The molecule has 11 heavy (non-hydrogen) atoms. The van der Waals surface area contributed by atoms with Gasteiger partial charge in [-0.1, -0.05) is 0 Å². The van der Waals surface area contributed by atoms with E-state index in [1.165, 1.54) is 0 Å². The molecule has 2 bridgehead atoms. The largest absolute Gasteiger partial charge is 0.361 e. The van der Waals surface area contributed by atoms with Gasteiger partial charge in [0, 0.05) is 25.4 Å². The van der Waals surface area contributed by atoms with Crippen molar-refractivity contribution in [3.63, 3.8) is 0 Å². The van der Waals surface area contributed by atoms with Gasteiger partial charge in [0.25, 0.3) is 0 Å². The molecule has 0 radical (unpaired) electrons. The first-order valence-corrected chi connectivity index (χ1v) is 4.11. The second kappa shape index (κ2) is 2.80. The lowest BCUT2D eigenvalue weighted by atomic mass is 9.92. The summed E-state index contributed by atoms with van der Waals surface area (Å²) in [4.78, 5) is 2.30. The van der Waals surface area contributed by atoms with Crippen LogP contribution in [0, 0.1) is 17.2 Å².